The van der Waals surface area contributed by atoms with Crippen molar-refractivity contribution < 1.29 is 14.0 Å². The fraction of sp³-hybridized carbons (Fsp3) is 0.722. The minimum atomic E-state index is -0.124. The number of rotatable bonds is 3. The average molecular weight is 333 g/mol. The van der Waals surface area contributed by atoms with Crippen LogP contribution in [0.5, 0.6) is 0 Å². The molecule has 0 saturated carbocycles. The van der Waals surface area contributed by atoms with Gasteiger partial charge in [0.25, 0.3) is 0 Å². The fourth-order valence-electron chi connectivity index (χ4n) is 3.22. The molecule has 0 radical (unpaired) electrons. The van der Waals surface area contributed by atoms with E-state index in [0.29, 0.717) is 38.9 Å². The van der Waals surface area contributed by atoms with Crippen LogP contribution in [0.2, 0.25) is 0 Å². The molecule has 2 aliphatic rings. The van der Waals surface area contributed by atoms with Crippen LogP contribution in [-0.4, -0.2) is 46.2 Å². The molecular formula is C18H27N3O3. The number of fused-ring (bicyclic) bond motifs is 1. The molecule has 6 nitrogen and oxygen atoms in total. The first-order valence-corrected chi connectivity index (χ1v) is 8.89. The second-order valence-electron chi connectivity index (χ2n) is 7.79. The maximum Gasteiger partial charge on any atom is 0.224 e. The Labute approximate surface area is 143 Å². The molecule has 0 atom stereocenters. The van der Waals surface area contributed by atoms with Gasteiger partial charge >= 0.3 is 0 Å². The second kappa shape index (κ2) is 6.57. The Morgan fingerprint density at radius 2 is 2.00 bits per heavy atom. The predicted octanol–water partition coefficient (Wildman–Crippen LogP) is 2.26. The van der Waals surface area contributed by atoms with Crippen molar-refractivity contribution in [2.75, 3.05) is 19.6 Å². The van der Waals surface area contributed by atoms with Crippen molar-refractivity contribution in [3.63, 3.8) is 0 Å². The average Bonchev–Trinajstić information content (AvgIpc) is 2.97. The molecule has 2 amide bonds. The first kappa shape index (κ1) is 17.0. The number of hydrogen-bond acceptors (Lipinski definition) is 4. The number of oxazole rings is 1. The molecule has 1 fully saturated rings. The maximum atomic E-state index is 12.5. The van der Waals surface area contributed by atoms with E-state index in [-0.39, 0.29) is 17.2 Å². The first-order valence-electron chi connectivity index (χ1n) is 8.89. The topological polar surface area (TPSA) is 66.7 Å². The zero-order valence-corrected chi connectivity index (χ0v) is 14.9. The van der Waals surface area contributed by atoms with Gasteiger partial charge in [-0.25, -0.2) is 4.98 Å². The van der Waals surface area contributed by atoms with Gasteiger partial charge in [-0.05, 0) is 12.8 Å². The van der Waals surface area contributed by atoms with Gasteiger partial charge in [-0.1, -0.05) is 20.8 Å². The summed E-state index contributed by atoms with van der Waals surface area (Å²) in [4.78, 5) is 32.6. The summed E-state index contributed by atoms with van der Waals surface area (Å²) in [6.07, 6.45) is 3.75. The van der Waals surface area contributed by atoms with E-state index in [2.05, 4.69) is 25.8 Å². The van der Waals surface area contributed by atoms with Crippen molar-refractivity contribution in [2.24, 2.45) is 0 Å². The molecule has 1 aromatic rings. The summed E-state index contributed by atoms with van der Waals surface area (Å²) in [5.74, 6) is 1.93. The molecule has 0 N–H and O–H groups in total. The largest absolute Gasteiger partial charge is 0.445 e. The first-order chi connectivity index (χ1) is 11.3. The van der Waals surface area contributed by atoms with Crippen LogP contribution >= 0.6 is 0 Å². The number of carbonyl (C=O) groups excluding carboxylic acids is 2. The molecule has 2 aliphatic heterocycles. The molecular weight excluding hydrogens is 306 g/mol. The lowest BCUT2D eigenvalue weighted by Crippen LogP contribution is -2.40. The number of piperidine rings is 1. The van der Waals surface area contributed by atoms with Crippen LogP contribution in [0.15, 0.2) is 4.42 Å². The van der Waals surface area contributed by atoms with Crippen molar-refractivity contribution in [1.82, 2.24) is 14.8 Å². The Morgan fingerprint density at radius 1 is 1.21 bits per heavy atom. The summed E-state index contributed by atoms with van der Waals surface area (Å²) in [6.45, 7) is 8.72. The molecule has 3 rings (SSSR count). The lowest BCUT2D eigenvalue weighted by Gasteiger charge is -2.29. The number of carbonyl (C=O) groups is 2. The summed E-state index contributed by atoms with van der Waals surface area (Å²) in [5.41, 5.74) is 0.759. The van der Waals surface area contributed by atoms with E-state index in [0.717, 1.165) is 36.7 Å². The fourth-order valence-corrected chi connectivity index (χ4v) is 3.22. The zero-order chi connectivity index (χ0) is 17.3. The van der Waals surface area contributed by atoms with Crippen molar-refractivity contribution >= 4 is 11.8 Å². The Morgan fingerprint density at radius 3 is 2.71 bits per heavy atom. The van der Waals surface area contributed by atoms with E-state index in [9.17, 15) is 9.59 Å². The van der Waals surface area contributed by atoms with Crippen molar-refractivity contribution in [3.05, 3.63) is 17.3 Å². The molecule has 0 bridgehead atoms. The standard InChI is InChI=1S/C18H27N3O3/c1-18(2,3)17-19-13-12-21(10-7-14(13)24-17)16(23)8-11-20-9-5-4-6-15(20)22/h4-12H2,1-3H3. The van der Waals surface area contributed by atoms with Gasteiger partial charge in [0.2, 0.25) is 11.8 Å². The zero-order valence-electron chi connectivity index (χ0n) is 14.9. The molecule has 0 spiro atoms. The van der Waals surface area contributed by atoms with Gasteiger partial charge in [0.15, 0.2) is 5.89 Å². The summed E-state index contributed by atoms with van der Waals surface area (Å²) in [6, 6.07) is 0. The quantitative estimate of drug-likeness (QED) is 0.851. The number of likely N-dealkylation sites (tertiary alicyclic amines) is 1. The third-order valence-corrected chi connectivity index (χ3v) is 4.74. The van der Waals surface area contributed by atoms with Gasteiger partial charge in [-0.3, -0.25) is 9.59 Å². The smallest absolute Gasteiger partial charge is 0.224 e. The van der Waals surface area contributed by atoms with Crippen LogP contribution in [0.4, 0.5) is 0 Å². The van der Waals surface area contributed by atoms with E-state index in [1.807, 2.05) is 9.80 Å². The number of amides is 2. The third-order valence-electron chi connectivity index (χ3n) is 4.74. The van der Waals surface area contributed by atoms with Crippen molar-refractivity contribution in [1.29, 1.82) is 0 Å². The molecule has 0 unspecified atom stereocenters. The molecule has 24 heavy (non-hydrogen) atoms. The molecule has 1 aromatic heterocycles. The molecule has 0 aromatic carbocycles. The third kappa shape index (κ3) is 3.62. The lowest BCUT2D eigenvalue weighted by molar-refractivity contribution is -0.136. The summed E-state index contributed by atoms with van der Waals surface area (Å²) in [7, 11) is 0. The number of aromatic nitrogens is 1. The number of hydrogen-bond donors (Lipinski definition) is 0. The SMILES string of the molecule is CC(C)(C)c1nc2c(o1)CCN(C(=O)CCN1CCCCC1=O)C2. The van der Waals surface area contributed by atoms with Gasteiger partial charge in [0.05, 0.1) is 6.54 Å². The summed E-state index contributed by atoms with van der Waals surface area (Å²) < 4.78 is 5.87. The van der Waals surface area contributed by atoms with Crippen LogP contribution in [0.1, 0.15) is 63.8 Å². The minimum absolute atomic E-state index is 0.0966. The van der Waals surface area contributed by atoms with E-state index >= 15 is 0 Å². The Balaban J connectivity index is 1.57. The van der Waals surface area contributed by atoms with Gasteiger partial charge in [-0.2, -0.15) is 0 Å². The lowest BCUT2D eigenvalue weighted by atomic mass is 9.97. The Hall–Kier alpha value is -1.85. The van der Waals surface area contributed by atoms with Crippen LogP contribution in [-0.2, 0) is 28.0 Å². The molecule has 0 aliphatic carbocycles. The highest BCUT2D eigenvalue weighted by atomic mass is 16.4. The highest BCUT2D eigenvalue weighted by Crippen LogP contribution is 2.27. The van der Waals surface area contributed by atoms with Crippen LogP contribution in [0.3, 0.4) is 0 Å². The highest BCUT2D eigenvalue weighted by molar-refractivity contribution is 5.79. The Kier molecular flexibility index (Phi) is 4.65. The monoisotopic (exact) mass is 333 g/mol. The van der Waals surface area contributed by atoms with Gasteiger partial charge in [0, 0.05) is 44.3 Å². The van der Waals surface area contributed by atoms with Crippen LogP contribution in [0, 0.1) is 0 Å². The molecule has 132 valence electrons. The van der Waals surface area contributed by atoms with E-state index in [4.69, 9.17) is 4.42 Å². The summed E-state index contributed by atoms with van der Waals surface area (Å²) >= 11 is 0. The second-order valence-corrected chi connectivity index (χ2v) is 7.79. The molecule has 6 heteroatoms. The predicted molar refractivity (Wildman–Crippen MR) is 89.4 cm³/mol. The van der Waals surface area contributed by atoms with E-state index < -0.39 is 0 Å². The number of nitrogens with zero attached hydrogens (tertiary/aromatic N) is 3. The van der Waals surface area contributed by atoms with Gasteiger partial charge < -0.3 is 14.2 Å². The van der Waals surface area contributed by atoms with E-state index in [1.165, 1.54) is 0 Å². The van der Waals surface area contributed by atoms with Crippen molar-refractivity contribution in [3.8, 4) is 0 Å². The van der Waals surface area contributed by atoms with Crippen molar-refractivity contribution in [2.45, 2.75) is 64.8 Å². The van der Waals surface area contributed by atoms with Gasteiger partial charge in [0.1, 0.15) is 11.5 Å². The van der Waals surface area contributed by atoms with E-state index in [1.54, 1.807) is 0 Å². The van der Waals surface area contributed by atoms with Crippen LogP contribution < -0.4 is 0 Å². The van der Waals surface area contributed by atoms with Crippen LogP contribution in [0.25, 0.3) is 0 Å². The summed E-state index contributed by atoms with van der Waals surface area (Å²) in [5, 5.41) is 0. The molecule has 3 heterocycles. The van der Waals surface area contributed by atoms with Gasteiger partial charge in [-0.15, -0.1) is 0 Å². The Bertz CT molecular complexity index is 630. The highest BCUT2D eigenvalue weighted by Gasteiger charge is 2.29. The molecule has 1 saturated heterocycles. The normalized spacial score (nSPS) is 18.7. The minimum Gasteiger partial charge on any atom is -0.445 e. The maximum absolute atomic E-state index is 12.5.